The van der Waals surface area contributed by atoms with E-state index < -0.39 is 0 Å². The summed E-state index contributed by atoms with van der Waals surface area (Å²) >= 11 is 0. The zero-order chi connectivity index (χ0) is 22.3. The van der Waals surface area contributed by atoms with Crippen LogP contribution in [-0.2, 0) is 26.0 Å². The topological polar surface area (TPSA) is 92.5 Å². The first-order valence-electron chi connectivity index (χ1n) is 10.3. The smallest absolute Gasteiger partial charge is 0.188 e. The normalized spacial score (nSPS) is 15.9. The second kappa shape index (κ2) is 10.3. The lowest BCUT2D eigenvalue weighted by molar-refractivity contribution is -0.0422. The van der Waals surface area contributed by atoms with Crippen molar-refractivity contribution in [3.8, 4) is 11.3 Å². The summed E-state index contributed by atoms with van der Waals surface area (Å²) in [5.41, 5.74) is 4.29. The zero-order valence-electron chi connectivity index (χ0n) is 18.4. The van der Waals surface area contributed by atoms with Crippen LogP contribution in [0.2, 0.25) is 0 Å². The number of nitrogens with zero attached hydrogens (tertiary/aromatic N) is 4. The number of hydrogen-bond acceptors (Lipinski definition) is 8. The summed E-state index contributed by atoms with van der Waals surface area (Å²) in [5.74, 6) is 1.53. The molecule has 0 saturated heterocycles. The Morgan fingerprint density at radius 3 is 2.84 bits per heavy atom. The van der Waals surface area contributed by atoms with E-state index in [1.807, 2.05) is 43.6 Å². The second-order valence-corrected chi connectivity index (χ2v) is 7.36. The van der Waals surface area contributed by atoms with Crippen molar-refractivity contribution in [2.75, 3.05) is 39.5 Å². The highest BCUT2D eigenvalue weighted by atomic mass is 16.7. The van der Waals surface area contributed by atoms with Crippen LogP contribution in [0, 0.1) is 0 Å². The van der Waals surface area contributed by atoms with Crippen molar-refractivity contribution < 1.29 is 18.9 Å². The van der Waals surface area contributed by atoms with Gasteiger partial charge in [-0.25, -0.2) is 4.98 Å². The molecule has 32 heavy (non-hydrogen) atoms. The van der Waals surface area contributed by atoms with Crippen LogP contribution in [-0.4, -0.2) is 60.0 Å². The van der Waals surface area contributed by atoms with Crippen LogP contribution in [0.5, 0.6) is 0 Å². The molecule has 0 spiro atoms. The molecule has 0 bridgehead atoms. The molecular formula is C23H27N5O4. The van der Waals surface area contributed by atoms with Gasteiger partial charge in [0.2, 0.25) is 0 Å². The Kier molecular flexibility index (Phi) is 6.98. The SMILES string of the molecule is COCCOCOC1=CC(OC)=CC(Nc2ccc3ncc(-c4cnn(C)c4)nc3c2)C1. The van der Waals surface area contributed by atoms with E-state index in [1.165, 1.54) is 0 Å². The predicted octanol–water partition coefficient (Wildman–Crippen LogP) is 3.27. The highest BCUT2D eigenvalue weighted by Gasteiger charge is 2.18. The fourth-order valence-corrected chi connectivity index (χ4v) is 3.39. The number of aromatic nitrogens is 4. The molecule has 1 aliphatic carbocycles. The van der Waals surface area contributed by atoms with E-state index in [2.05, 4.69) is 15.4 Å². The Labute approximate surface area is 186 Å². The molecule has 9 nitrogen and oxygen atoms in total. The number of nitrogens with one attached hydrogen (secondary N) is 1. The number of benzene rings is 1. The standard InChI is InChI=1S/C23H27N5O4/c1-28-14-16(12-25-28)23-13-24-21-5-4-17(10-22(21)27-23)26-18-8-19(30-3)11-20(9-18)32-15-31-7-6-29-2/h4-5,8,10-14,18,26H,6-7,9,15H2,1-3H3. The summed E-state index contributed by atoms with van der Waals surface area (Å²) in [7, 11) is 5.16. The molecule has 1 aromatic carbocycles. The van der Waals surface area contributed by atoms with Gasteiger partial charge in [-0.15, -0.1) is 0 Å². The van der Waals surface area contributed by atoms with Crippen molar-refractivity contribution in [3.63, 3.8) is 0 Å². The third kappa shape index (κ3) is 5.43. The average molecular weight is 438 g/mol. The molecule has 1 N–H and O–H groups in total. The van der Waals surface area contributed by atoms with Crippen LogP contribution < -0.4 is 5.32 Å². The lowest BCUT2D eigenvalue weighted by atomic mass is 10.1. The molecule has 3 aromatic rings. The number of methoxy groups -OCH3 is 2. The van der Waals surface area contributed by atoms with Crippen molar-refractivity contribution in [1.29, 1.82) is 0 Å². The summed E-state index contributed by atoms with van der Waals surface area (Å²) in [5, 5.41) is 7.73. The van der Waals surface area contributed by atoms with Crippen LogP contribution in [0.1, 0.15) is 6.42 Å². The van der Waals surface area contributed by atoms with Gasteiger partial charge in [0.25, 0.3) is 0 Å². The molecule has 1 atom stereocenters. The Balaban J connectivity index is 1.45. The van der Waals surface area contributed by atoms with Crippen LogP contribution in [0.15, 0.2) is 60.5 Å². The lowest BCUT2D eigenvalue weighted by Crippen LogP contribution is -2.22. The van der Waals surface area contributed by atoms with Crippen LogP contribution in [0.3, 0.4) is 0 Å². The third-order valence-corrected chi connectivity index (χ3v) is 4.98. The van der Waals surface area contributed by atoms with Gasteiger partial charge in [0, 0.05) is 44.1 Å². The molecule has 2 heterocycles. The summed E-state index contributed by atoms with van der Waals surface area (Å²) in [4.78, 5) is 9.30. The number of anilines is 1. The number of hydrogen-bond donors (Lipinski definition) is 1. The molecule has 0 aliphatic heterocycles. The highest BCUT2D eigenvalue weighted by Crippen LogP contribution is 2.25. The van der Waals surface area contributed by atoms with E-state index in [1.54, 1.807) is 31.3 Å². The van der Waals surface area contributed by atoms with Gasteiger partial charge in [0.05, 0.1) is 55.5 Å². The first-order valence-corrected chi connectivity index (χ1v) is 10.3. The number of allylic oxidation sites excluding steroid dienone is 1. The fourth-order valence-electron chi connectivity index (χ4n) is 3.39. The van der Waals surface area contributed by atoms with E-state index in [-0.39, 0.29) is 12.8 Å². The molecule has 4 rings (SSSR count). The number of rotatable bonds is 10. The maximum atomic E-state index is 5.76. The van der Waals surface area contributed by atoms with Crippen molar-refractivity contribution in [2.24, 2.45) is 7.05 Å². The van der Waals surface area contributed by atoms with Gasteiger partial charge >= 0.3 is 0 Å². The average Bonchev–Trinajstić information content (AvgIpc) is 3.24. The predicted molar refractivity (Wildman–Crippen MR) is 121 cm³/mol. The summed E-state index contributed by atoms with van der Waals surface area (Å²) in [6.07, 6.45) is 10.0. The fraction of sp³-hybridized carbons (Fsp3) is 0.348. The minimum absolute atomic E-state index is 0.00385. The first kappa shape index (κ1) is 21.8. The zero-order valence-corrected chi connectivity index (χ0v) is 18.4. The Morgan fingerprint density at radius 2 is 2.06 bits per heavy atom. The monoisotopic (exact) mass is 437 g/mol. The van der Waals surface area contributed by atoms with Crippen LogP contribution in [0.25, 0.3) is 22.3 Å². The van der Waals surface area contributed by atoms with Gasteiger partial charge in [0.15, 0.2) is 6.79 Å². The van der Waals surface area contributed by atoms with Crippen molar-refractivity contribution in [1.82, 2.24) is 19.7 Å². The number of aryl methyl sites for hydroxylation is 1. The minimum atomic E-state index is -0.00385. The Bertz CT molecular complexity index is 1120. The van der Waals surface area contributed by atoms with Crippen molar-refractivity contribution in [2.45, 2.75) is 12.5 Å². The van der Waals surface area contributed by atoms with E-state index in [4.69, 9.17) is 23.9 Å². The molecule has 1 unspecified atom stereocenters. The lowest BCUT2D eigenvalue weighted by Gasteiger charge is -2.23. The van der Waals surface area contributed by atoms with Crippen molar-refractivity contribution >= 4 is 16.7 Å². The first-order chi connectivity index (χ1) is 15.6. The van der Waals surface area contributed by atoms with E-state index >= 15 is 0 Å². The molecule has 168 valence electrons. The Hall–Kier alpha value is -3.43. The maximum Gasteiger partial charge on any atom is 0.188 e. The van der Waals surface area contributed by atoms with Crippen LogP contribution in [0.4, 0.5) is 5.69 Å². The second-order valence-electron chi connectivity index (χ2n) is 7.36. The van der Waals surface area contributed by atoms with E-state index in [9.17, 15) is 0 Å². The van der Waals surface area contributed by atoms with Gasteiger partial charge in [-0.3, -0.25) is 9.67 Å². The summed E-state index contributed by atoms with van der Waals surface area (Å²) in [6, 6.07) is 5.94. The molecule has 0 radical (unpaired) electrons. The molecule has 0 amide bonds. The van der Waals surface area contributed by atoms with Crippen molar-refractivity contribution in [3.05, 3.63) is 60.5 Å². The molecule has 2 aromatic heterocycles. The van der Waals surface area contributed by atoms with E-state index in [0.29, 0.717) is 19.6 Å². The van der Waals surface area contributed by atoms with Gasteiger partial charge < -0.3 is 24.3 Å². The van der Waals surface area contributed by atoms with Gasteiger partial charge in [-0.1, -0.05) is 0 Å². The Morgan fingerprint density at radius 1 is 1.16 bits per heavy atom. The summed E-state index contributed by atoms with van der Waals surface area (Å²) in [6.45, 7) is 1.18. The van der Waals surface area contributed by atoms with Gasteiger partial charge in [-0.05, 0) is 24.3 Å². The number of fused-ring (bicyclic) bond motifs is 1. The largest absolute Gasteiger partial charge is 0.497 e. The molecule has 0 saturated carbocycles. The van der Waals surface area contributed by atoms with Gasteiger partial charge in [-0.2, -0.15) is 5.10 Å². The maximum absolute atomic E-state index is 5.76. The molecular weight excluding hydrogens is 410 g/mol. The minimum Gasteiger partial charge on any atom is -0.497 e. The highest BCUT2D eigenvalue weighted by molar-refractivity contribution is 5.80. The van der Waals surface area contributed by atoms with Crippen LogP contribution >= 0.6 is 0 Å². The van der Waals surface area contributed by atoms with Gasteiger partial charge in [0.1, 0.15) is 11.5 Å². The summed E-state index contributed by atoms with van der Waals surface area (Å²) < 4.78 is 23.3. The third-order valence-electron chi connectivity index (χ3n) is 4.98. The van der Waals surface area contributed by atoms with E-state index in [0.717, 1.165) is 39.5 Å². The quantitative estimate of drug-likeness (QED) is 0.382. The molecule has 0 fully saturated rings. The molecule has 1 aliphatic rings. The number of ether oxygens (including phenoxy) is 4. The molecule has 9 heteroatoms.